The van der Waals surface area contributed by atoms with Gasteiger partial charge in [-0.05, 0) is 37.1 Å². The van der Waals surface area contributed by atoms with Crippen molar-refractivity contribution in [1.29, 1.82) is 0 Å². The van der Waals surface area contributed by atoms with Gasteiger partial charge in [-0.3, -0.25) is 0 Å². The Bertz CT molecular complexity index is 251. The van der Waals surface area contributed by atoms with Crippen LogP contribution in [0.5, 0.6) is 0 Å². The highest BCUT2D eigenvalue weighted by Gasteiger charge is 2.36. The summed E-state index contributed by atoms with van der Waals surface area (Å²) in [5.74, 6) is 0.899. The Kier molecular flexibility index (Phi) is 6.11. The summed E-state index contributed by atoms with van der Waals surface area (Å²) >= 11 is 0. The van der Waals surface area contributed by atoms with E-state index in [1.54, 1.807) is 0 Å². The van der Waals surface area contributed by atoms with Crippen molar-refractivity contribution in [2.24, 2.45) is 11.3 Å². The van der Waals surface area contributed by atoms with Crippen molar-refractivity contribution in [3.63, 3.8) is 0 Å². The molecule has 2 aliphatic rings. The first-order valence-corrected chi connectivity index (χ1v) is 8.25. The lowest BCUT2D eigenvalue weighted by Gasteiger charge is -2.43. The lowest BCUT2D eigenvalue weighted by atomic mass is 9.69. The monoisotopic (exact) mass is 268 g/mol. The van der Waals surface area contributed by atoms with E-state index in [0.717, 1.165) is 32.2 Å². The molecule has 1 saturated carbocycles. The van der Waals surface area contributed by atoms with Crippen molar-refractivity contribution < 1.29 is 4.74 Å². The summed E-state index contributed by atoms with van der Waals surface area (Å²) < 4.78 is 5.59. The normalized spacial score (nSPS) is 34.1. The molecule has 2 rings (SSSR count). The van der Waals surface area contributed by atoms with Crippen LogP contribution in [0.3, 0.4) is 0 Å². The summed E-state index contributed by atoms with van der Waals surface area (Å²) in [4.78, 5) is 2.66. The zero-order valence-electron chi connectivity index (χ0n) is 12.9. The number of hydrogen-bond acceptors (Lipinski definition) is 3. The third-order valence-electron chi connectivity index (χ3n) is 4.81. The van der Waals surface area contributed by atoms with Crippen molar-refractivity contribution >= 4 is 0 Å². The fraction of sp³-hybridized carbons (Fsp3) is 1.00. The highest BCUT2D eigenvalue weighted by molar-refractivity contribution is 4.90. The first-order valence-electron chi connectivity index (χ1n) is 8.25. The van der Waals surface area contributed by atoms with Gasteiger partial charge in [-0.25, -0.2) is 0 Å². The molecule has 1 aliphatic carbocycles. The fourth-order valence-electron chi connectivity index (χ4n) is 3.95. The van der Waals surface area contributed by atoms with E-state index in [2.05, 4.69) is 24.1 Å². The van der Waals surface area contributed by atoms with Crippen LogP contribution in [-0.4, -0.2) is 50.8 Å². The second-order valence-electron chi connectivity index (χ2n) is 6.72. The predicted molar refractivity (Wildman–Crippen MR) is 80.5 cm³/mol. The minimum atomic E-state index is 0.512. The maximum absolute atomic E-state index is 5.59. The number of rotatable bonds is 5. The zero-order chi connectivity index (χ0) is 13.6. The van der Waals surface area contributed by atoms with Crippen LogP contribution < -0.4 is 5.32 Å². The second kappa shape index (κ2) is 7.61. The predicted octanol–water partition coefficient (Wildman–Crippen LogP) is 2.51. The van der Waals surface area contributed by atoms with Gasteiger partial charge in [0.2, 0.25) is 0 Å². The zero-order valence-corrected chi connectivity index (χ0v) is 12.9. The summed E-state index contributed by atoms with van der Waals surface area (Å²) in [6.07, 6.45) is 6.85. The smallest absolute Gasteiger partial charge is 0.0593 e. The van der Waals surface area contributed by atoms with E-state index in [1.165, 1.54) is 51.7 Å². The van der Waals surface area contributed by atoms with Crippen molar-refractivity contribution in [3.05, 3.63) is 0 Å². The highest BCUT2D eigenvalue weighted by atomic mass is 16.5. The molecule has 1 heterocycles. The van der Waals surface area contributed by atoms with Gasteiger partial charge in [0.15, 0.2) is 0 Å². The molecular formula is C16H32N2O. The summed E-state index contributed by atoms with van der Waals surface area (Å²) in [7, 11) is 0. The average Bonchev–Trinajstić information content (AvgIpc) is 2.65. The lowest BCUT2D eigenvalue weighted by molar-refractivity contribution is 0.0760. The SMILES string of the molecule is CCNCC1(CN2CCCOCC2)CCCC(C)C1. The van der Waals surface area contributed by atoms with E-state index in [0.29, 0.717) is 5.41 Å². The van der Waals surface area contributed by atoms with E-state index in [1.807, 2.05) is 0 Å². The molecule has 19 heavy (non-hydrogen) atoms. The Balaban J connectivity index is 1.95. The number of nitrogens with one attached hydrogen (secondary N) is 1. The molecule has 112 valence electrons. The summed E-state index contributed by atoms with van der Waals surface area (Å²) in [6, 6.07) is 0. The largest absolute Gasteiger partial charge is 0.380 e. The van der Waals surface area contributed by atoms with Crippen LogP contribution in [-0.2, 0) is 4.74 Å². The molecule has 0 aromatic heterocycles. The van der Waals surface area contributed by atoms with Crippen molar-refractivity contribution in [2.75, 3.05) is 45.9 Å². The molecule has 1 saturated heterocycles. The van der Waals surface area contributed by atoms with Crippen molar-refractivity contribution in [1.82, 2.24) is 10.2 Å². The van der Waals surface area contributed by atoms with Gasteiger partial charge in [-0.15, -0.1) is 0 Å². The Morgan fingerprint density at radius 1 is 1.26 bits per heavy atom. The molecule has 0 radical (unpaired) electrons. The lowest BCUT2D eigenvalue weighted by Crippen LogP contribution is -2.47. The van der Waals surface area contributed by atoms with E-state index in [9.17, 15) is 0 Å². The number of hydrogen-bond donors (Lipinski definition) is 1. The van der Waals surface area contributed by atoms with Crippen LogP contribution in [0.25, 0.3) is 0 Å². The first kappa shape index (κ1) is 15.3. The van der Waals surface area contributed by atoms with Crippen LogP contribution in [0.15, 0.2) is 0 Å². The molecule has 2 atom stereocenters. The quantitative estimate of drug-likeness (QED) is 0.829. The van der Waals surface area contributed by atoms with Crippen LogP contribution in [0.1, 0.15) is 46.0 Å². The standard InChI is InChI=1S/C16H32N2O/c1-3-17-13-16(7-4-6-15(2)12-16)14-18-8-5-10-19-11-9-18/h15,17H,3-14H2,1-2H3. The summed E-state index contributed by atoms with van der Waals surface area (Å²) in [6.45, 7) is 12.5. The number of ether oxygens (including phenoxy) is 1. The minimum Gasteiger partial charge on any atom is -0.380 e. The van der Waals surface area contributed by atoms with E-state index in [4.69, 9.17) is 4.74 Å². The maximum atomic E-state index is 5.59. The second-order valence-corrected chi connectivity index (χ2v) is 6.72. The summed E-state index contributed by atoms with van der Waals surface area (Å²) in [5, 5.41) is 3.63. The van der Waals surface area contributed by atoms with Gasteiger partial charge in [0.1, 0.15) is 0 Å². The van der Waals surface area contributed by atoms with Crippen LogP contribution in [0.2, 0.25) is 0 Å². The summed E-state index contributed by atoms with van der Waals surface area (Å²) in [5.41, 5.74) is 0.512. The molecule has 2 unspecified atom stereocenters. The van der Waals surface area contributed by atoms with Gasteiger partial charge >= 0.3 is 0 Å². The third kappa shape index (κ3) is 4.73. The average molecular weight is 268 g/mol. The van der Waals surface area contributed by atoms with Crippen molar-refractivity contribution in [2.45, 2.75) is 46.0 Å². The topological polar surface area (TPSA) is 24.5 Å². The molecule has 0 aromatic rings. The molecule has 0 aromatic carbocycles. The Morgan fingerprint density at radius 3 is 2.95 bits per heavy atom. The van der Waals surface area contributed by atoms with Gasteiger partial charge in [0, 0.05) is 32.8 Å². The van der Waals surface area contributed by atoms with Gasteiger partial charge in [0.05, 0.1) is 6.61 Å². The Hall–Kier alpha value is -0.120. The first-order chi connectivity index (χ1) is 9.24. The van der Waals surface area contributed by atoms with Gasteiger partial charge in [-0.1, -0.05) is 26.7 Å². The Labute approximate surface area is 119 Å². The van der Waals surface area contributed by atoms with Crippen LogP contribution in [0, 0.1) is 11.3 Å². The molecule has 0 spiro atoms. The number of nitrogens with zero attached hydrogens (tertiary/aromatic N) is 1. The Morgan fingerprint density at radius 2 is 2.16 bits per heavy atom. The minimum absolute atomic E-state index is 0.512. The van der Waals surface area contributed by atoms with Crippen LogP contribution >= 0.6 is 0 Å². The molecule has 2 fully saturated rings. The van der Waals surface area contributed by atoms with Gasteiger partial charge in [-0.2, -0.15) is 0 Å². The van der Waals surface area contributed by atoms with E-state index < -0.39 is 0 Å². The molecule has 0 amide bonds. The third-order valence-corrected chi connectivity index (χ3v) is 4.81. The molecule has 3 heteroatoms. The molecule has 1 aliphatic heterocycles. The molecule has 3 nitrogen and oxygen atoms in total. The molecule has 1 N–H and O–H groups in total. The van der Waals surface area contributed by atoms with Crippen molar-refractivity contribution in [3.8, 4) is 0 Å². The fourth-order valence-corrected chi connectivity index (χ4v) is 3.95. The van der Waals surface area contributed by atoms with Gasteiger partial charge in [0.25, 0.3) is 0 Å². The van der Waals surface area contributed by atoms with Crippen LogP contribution in [0.4, 0.5) is 0 Å². The molecule has 0 bridgehead atoms. The molecular weight excluding hydrogens is 236 g/mol. The maximum Gasteiger partial charge on any atom is 0.0593 e. The highest BCUT2D eigenvalue weighted by Crippen LogP contribution is 2.39. The van der Waals surface area contributed by atoms with E-state index in [-0.39, 0.29) is 0 Å². The van der Waals surface area contributed by atoms with E-state index >= 15 is 0 Å². The van der Waals surface area contributed by atoms with Gasteiger partial charge < -0.3 is 15.0 Å².